The number of ether oxygens (including phenoxy) is 1. The van der Waals surface area contributed by atoms with Crippen molar-refractivity contribution in [2.75, 3.05) is 18.5 Å². The SMILES string of the molecule is O=C(Nc1ccc(Br)c(F)c1)NC1(C(=O)O)CCOC1. The number of benzene rings is 1. The molecule has 1 heterocycles. The number of carbonyl (C=O) groups excluding carboxylic acids is 1. The maximum absolute atomic E-state index is 13.3. The lowest BCUT2D eigenvalue weighted by Crippen LogP contribution is -2.56. The van der Waals surface area contributed by atoms with Gasteiger partial charge in [0.1, 0.15) is 5.82 Å². The molecule has 1 saturated heterocycles. The van der Waals surface area contributed by atoms with Gasteiger partial charge in [-0.3, -0.25) is 0 Å². The van der Waals surface area contributed by atoms with Crippen molar-refractivity contribution in [3.05, 3.63) is 28.5 Å². The Labute approximate surface area is 122 Å². The van der Waals surface area contributed by atoms with E-state index in [0.717, 1.165) is 6.07 Å². The molecule has 0 aliphatic carbocycles. The first-order valence-electron chi connectivity index (χ1n) is 5.78. The third kappa shape index (κ3) is 3.07. The van der Waals surface area contributed by atoms with Gasteiger partial charge in [0.25, 0.3) is 0 Å². The zero-order valence-corrected chi connectivity index (χ0v) is 11.9. The Morgan fingerprint density at radius 1 is 1.45 bits per heavy atom. The van der Waals surface area contributed by atoms with Crippen molar-refractivity contribution < 1.29 is 23.8 Å². The van der Waals surface area contributed by atoms with Crippen LogP contribution < -0.4 is 10.6 Å². The lowest BCUT2D eigenvalue weighted by atomic mass is 9.99. The highest BCUT2D eigenvalue weighted by Crippen LogP contribution is 2.21. The molecule has 0 radical (unpaired) electrons. The average molecular weight is 347 g/mol. The molecule has 0 spiro atoms. The van der Waals surface area contributed by atoms with Crippen molar-refractivity contribution in [1.82, 2.24) is 5.32 Å². The standard InChI is InChI=1S/C12H12BrFN2O4/c13-8-2-1-7(5-9(8)14)15-11(19)16-12(10(17)18)3-4-20-6-12/h1-2,5H,3-4,6H2,(H,17,18)(H2,15,16,19). The van der Waals surface area contributed by atoms with E-state index in [1.54, 1.807) is 0 Å². The summed E-state index contributed by atoms with van der Waals surface area (Å²) in [4.78, 5) is 23.0. The molecular weight excluding hydrogens is 335 g/mol. The number of urea groups is 1. The van der Waals surface area contributed by atoms with Crippen LogP contribution in [-0.2, 0) is 9.53 Å². The molecule has 1 aromatic rings. The van der Waals surface area contributed by atoms with Gasteiger partial charge in [-0.05, 0) is 34.1 Å². The van der Waals surface area contributed by atoms with Crippen molar-refractivity contribution >= 4 is 33.6 Å². The van der Waals surface area contributed by atoms with E-state index in [1.807, 2.05) is 0 Å². The fourth-order valence-corrected chi connectivity index (χ4v) is 2.09. The summed E-state index contributed by atoms with van der Waals surface area (Å²) in [5, 5.41) is 13.9. The molecule has 0 aromatic heterocycles. The number of rotatable bonds is 3. The lowest BCUT2D eigenvalue weighted by Gasteiger charge is -2.23. The van der Waals surface area contributed by atoms with Gasteiger partial charge in [0.05, 0.1) is 11.1 Å². The molecule has 1 aliphatic heterocycles. The monoisotopic (exact) mass is 346 g/mol. The van der Waals surface area contributed by atoms with Crippen LogP contribution in [0, 0.1) is 5.82 Å². The van der Waals surface area contributed by atoms with Gasteiger partial charge in [-0.1, -0.05) is 0 Å². The van der Waals surface area contributed by atoms with Crippen LogP contribution in [0.3, 0.4) is 0 Å². The quantitative estimate of drug-likeness (QED) is 0.780. The second kappa shape index (κ2) is 5.76. The molecule has 1 fully saturated rings. The topological polar surface area (TPSA) is 87.7 Å². The average Bonchev–Trinajstić information content (AvgIpc) is 2.83. The molecule has 3 N–H and O–H groups in total. The smallest absolute Gasteiger partial charge is 0.332 e. The van der Waals surface area contributed by atoms with Crippen LogP contribution in [-0.4, -0.2) is 35.9 Å². The predicted octanol–water partition coefficient (Wildman–Crippen LogP) is 1.95. The fraction of sp³-hybridized carbons (Fsp3) is 0.333. The van der Waals surface area contributed by atoms with Crippen LogP contribution >= 0.6 is 15.9 Å². The van der Waals surface area contributed by atoms with E-state index >= 15 is 0 Å². The maximum atomic E-state index is 13.3. The van der Waals surface area contributed by atoms with Gasteiger partial charge in [-0.2, -0.15) is 0 Å². The first-order chi connectivity index (χ1) is 9.43. The number of carboxylic acids is 1. The van der Waals surface area contributed by atoms with Crippen LogP contribution in [0.15, 0.2) is 22.7 Å². The number of carboxylic acid groups (broad SMARTS) is 1. The molecule has 108 valence electrons. The highest BCUT2D eigenvalue weighted by molar-refractivity contribution is 9.10. The van der Waals surface area contributed by atoms with Gasteiger partial charge < -0.3 is 20.5 Å². The first kappa shape index (κ1) is 14.7. The van der Waals surface area contributed by atoms with Gasteiger partial charge in [-0.15, -0.1) is 0 Å². The third-order valence-electron chi connectivity index (χ3n) is 2.96. The Hall–Kier alpha value is -1.67. The van der Waals surface area contributed by atoms with Crippen molar-refractivity contribution in [3.8, 4) is 0 Å². The molecule has 6 nitrogen and oxygen atoms in total. The molecule has 0 bridgehead atoms. The van der Waals surface area contributed by atoms with Crippen LogP contribution in [0.2, 0.25) is 0 Å². The number of hydrogen-bond donors (Lipinski definition) is 3. The predicted molar refractivity (Wildman–Crippen MR) is 72.1 cm³/mol. The lowest BCUT2D eigenvalue weighted by molar-refractivity contribution is -0.144. The highest BCUT2D eigenvalue weighted by Gasteiger charge is 2.44. The minimum atomic E-state index is -1.43. The molecule has 1 atom stereocenters. The summed E-state index contributed by atoms with van der Waals surface area (Å²) in [7, 11) is 0. The number of hydrogen-bond acceptors (Lipinski definition) is 3. The summed E-state index contributed by atoms with van der Waals surface area (Å²) in [6, 6.07) is 3.34. The van der Waals surface area contributed by atoms with Gasteiger partial charge in [0.2, 0.25) is 0 Å². The van der Waals surface area contributed by atoms with Gasteiger partial charge in [0, 0.05) is 18.7 Å². The Morgan fingerprint density at radius 3 is 2.75 bits per heavy atom. The summed E-state index contributed by atoms with van der Waals surface area (Å²) in [6.07, 6.45) is 0.185. The van der Waals surface area contributed by atoms with Crippen molar-refractivity contribution in [2.45, 2.75) is 12.0 Å². The molecular formula is C12H12BrFN2O4. The Morgan fingerprint density at radius 2 is 2.20 bits per heavy atom. The van der Waals surface area contributed by atoms with Crippen LogP contribution in [0.5, 0.6) is 0 Å². The molecule has 2 amide bonds. The minimum absolute atomic E-state index is 0.0928. The Kier molecular flexibility index (Phi) is 4.24. The molecule has 1 unspecified atom stereocenters. The van der Waals surface area contributed by atoms with E-state index in [0.29, 0.717) is 0 Å². The van der Waals surface area contributed by atoms with Gasteiger partial charge in [0.15, 0.2) is 5.54 Å². The van der Waals surface area contributed by atoms with E-state index in [1.165, 1.54) is 12.1 Å². The zero-order chi connectivity index (χ0) is 14.8. The number of carbonyl (C=O) groups is 2. The first-order valence-corrected chi connectivity index (χ1v) is 6.58. The number of halogens is 2. The number of amides is 2. The Bertz CT molecular complexity index is 546. The van der Waals surface area contributed by atoms with E-state index in [9.17, 15) is 19.1 Å². The molecule has 1 aliphatic rings. The second-order valence-electron chi connectivity index (χ2n) is 4.40. The van der Waals surface area contributed by atoms with Crippen LogP contribution in [0.4, 0.5) is 14.9 Å². The number of aliphatic carboxylic acids is 1. The second-order valence-corrected chi connectivity index (χ2v) is 5.25. The zero-order valence-electron chi connectivity index (χ0n) is 10.3. The van der Waals surface area contributed by atoms with Crippen molar-refractivity contribution in [3.63, 3.8) is 0 Å². The molecule has 20 heavy (non-hydrogen) atoms. The summed E-state index contributed by atoms with van der Waals surface area (Å²) in [5.74, 6) is -1.69. The Balaban J connectivity index is 2.04. The molecule has 0 saturated carbocycles. The minimum Gasteiger partial charge on any atom is -0.479 e. The summed E-state index contributed by atoms with van der Waals surface area (Å²) in [5.41, 5.74) is -1.21. The largest absolute Gasteiger partial charge is 0.479 e. The molecule has 2 rings (SSSR count). The van der Waals surface area contributed by atoms with E-state index in [-0.39, 0.29) is 29.8 Å². The fourth-order valence-electron chi connectivity index (χ4n) is 1.84. The normalized spacial score (nSPS) is 21.5. The molecule has 1 aromatic carbocycles. The summed E-state index contributed by atoms with van der Waals surface area (Å²) < 4.78 is 18.6. The van der Waals surface area contributed by atoms with Crippen molar-refractivity contribution in [1.29, 1.82) is 0 Å². The van der Waals surface area contributed by atoms with Crippen molar-refractivity contribution in [2.24, 2.45) is 0 Å². The number of nitrogens with one attached hydrogen (secondary N) is 2. The summed E-state index contributed by atoms with van der Waals surface area (Å²) in [6.45, 7) is 0.171. The van der Waals surface area contributed by atoms with Gasteiger partial charge >= 0.3 is 12.0 Å². The van der Waals surface area contributed by atoms with Crippen LogP contribution in [0.1, 0.15) is 6.42 Å². The number of anilines is 1. The third-order valence-corrected chi connectivity index (χ3v) is 3.60. The van der Waals surface area contributed by atoms with E-state index < -0.39 is 23.4 Å². The van der Waals surface area contributed by atoms with E-state index in [2.05, 4.69) is 26.6 Å². The summed E-state index contributed by atoms with van der Waals surface area (Å²) >= 11 is 3.00. The maximum Gasteiger partial charge on any atom is 0.332 e. The highest BCUT2D eigenvalue weighted by atomic mass is 79.9. The van der Waals surface area contributed by atoms with E-state index in [4.69, 9.17) is 4.74 Å². The molecule has 8 heteroatoms. The van der Waals surface area contributed by atoms with Crippen LogP contribution in [0.25, 0.3) is 0 Å². The van der Waals surface area contributed by atoms with Gasteiger partial charge in [-0.25, -0.2) is 14.0 Å².